The van der Waals surface area contributed by atoms with Crippen molar-refractivity contribution in [2.24, 2.45) is 0 Å². The molecule has 174 valence electrons. The van der Waals surface area contributed by atoms with E-state index in [0.717, 1.165) is 12.2 Å². The van der Waals surface area contributed by atoms with Crippen molar-refractivity contribution in [1.82, 2.24) is 0 Å². The number of hydrogen-bond acceptors (Lipinski definition) is 3. The average molecular weight is 441 g/mol. The van der Waals surface area contributed by atoms with Gasteiger partial charge in [-0.2, -0.15) is 8.42 Å². The molecule has 0 amide bonds. The van der Waals surface area contributed by atoms with E-state index in [1.807, 2.05) is 12.1 Å². The highest BCUT2D eigenvalue weighted by atomic mass is 32.2. The van der Waals surface area contributed by atoms with Crippen molar-refractivity contribution in [2.75, 3.05) is 12.4 Å². The molecule has 0 saturated carbocycles. The number of unbranched alkanes of at least 4 members (excludes halogenated alkanes) is 13. The molecule has 0 bridgehead atoms. The van der Waals surface area contributed by atoms with E-state index in [0.29, 0.717) is 19.4 Å². The van der Waals surface area contributed by atoms with E-state index in [1.165, 1.54) is 89.0 Å². The van der Waals surface area contributed by atoms with E-state index in [1.54, 1.807) is 0 Å². The first-order chi connectivity index (χ1) is 14.5. The lowest BCUT2D eigenvalue weighted by Crippen LogP contribution is -2.06. The number of hydrogen-bond donors (Lipinski definition) is 1. The Morgan fingerprint density at radius 2 is 1.33 bits per heavy atom. The summed E-state index contributed by atoms with van der Waals surface area (Å²) >= 11 is 0. The molecule has 0 unspecified atom stereocenters. The maximum absolute atomic E-state index is 10.7. The van der Waals surface area contributed by atoms with E-state index >= 15 is 0 Å². The summed E-state index contributed by atoms with van der Waals surface area (Å²) in [7, 11) is -3.86. The lowest BCUT2D eigenvalue weighted by Gasteiger charge is -2.08. The first-order valence-corrected chi connectivity index (χ1v) is 13.8. The van der Waals surface area contributed by atoms with Gasteiger partial charge in [0.25, 0.3) is 10.1 Å². The predicted molar refractivity (Wildman–Crippen MR) is 127 cm³/mol. The Labute approximate surface area is 185 Å². The third-order valence-corrected chi connectivity index (χ3v) is 6.34. The highest BCUT2D eigenvalue weighted by Gasteiger charge is 2.04. The summed E-state index contributed by atoms with van der Waals surface area (Å²) in [5.41, 5.74) is 1.30. The van der Waals surface area contributed by atoms with Crippen molar-refractivity contribution >= 4 is 10.1 Å². The molecule has 5 heteroatoms. The van der Waals surface area contributed by atoms with Gasteiger partial charge < -0.3 is 4.74 Å². The van der Waals surface area contributed by atoms with Gasteiger partial charge in [0.15, 0.2) is 0 Å². The Hall–Kier alpha value is -1.07. The standard InChI is InChI=1S/C25H44O4S/c1-2-3-4-5-6-7-8-9-10-11-12-13-14-18-24-19-17-20-25(23-24)29-21-15-16-22-30(26,27)28/h17,19-20,23H,2-16,18,21-22H2,1H3,(H,26,27,28). The van der Waals surface area contributed by atoms with Crippen LogP contribution in [0.5, 0.6) is 5.75 Å². The van der Waals surface area contributed by atoms with Crippen LogP contribution in [0, 0.1) is 0 Å². The fourth-order valence-electron chi connectivity index (χ4n) is 3.71. The first kappa shape index (κ1) is 27.0. The topological polar surface area (TPSA) is 63.6 Å². The van der Waals surface area contributed by atoms with Crippen LogP contribution < -0.4 is 4.74 Å². The van der Waals surface area contributed by atoms with Crippen LogP contribution in [0.4, 0.5) is 0 Å². The minimum absolute atomic E-state index is 0.199. The van der Waals surface area contributed by atoms with Gasteiger partial charge in [0.1, 0.15) is 5.75 Å². The van der Waals surface area contributed by atoms with Crippen LogP contribution in [0.2, 0.25) is 0 Å². The van der Waals surface area contributed by atoms with Crippen molar-refractivity contribution in [3.05, 3.63) is 29.8 Å². The molecule has 0 spiro atoms. The Balaban J connectivity index is 1.98. The van der Waals surface area contributed by atoms with Crippen molar-refractivity contribution in [3.63, 3.8) is 0 Å². The molecule has 1 rings (SSSR count). The summed E-state index contributed by atoms with van der Waals surface area (Å²) < 4.78 is 35.8. The molecule has 30 heavy (non-hydrogen) atoms. The Bertz CT molecular complexity index is 628. The third kappa shape index (κ3) is 16.7. The van der Waals surface area contributed by atoms with Crippen molar-refractivity contribution in [1.29, 1.82) is 0 Å². The van der Waals surface area contributed by atoms with Gasteiger partial charge in [-0.25, -0.2) is 0 Å². The molecule has 0 radical (unpaired) electrons. The Morgan fingerprint density at radius 3 is 1.90 bits per heavy atom. The van der Waals surface area contributed by atoms with Crippen LogP contribution in [-0.4, -0.2) is 25.3 Å². The van der Waals surface area contributed by atoms with Gasteiger partial charge in [-0.05, 0) is 43.4 Å². The number of rotatable bonds is 20. The fourth-order valence-corrected chi connectivity index (χ4v) is 4.28. The highest BCUT2D eigenvalue weighted by Crippen LogP contribution is 2.17. The van der Waals surface area contributed by atoms with Gasteiger partial charge in [-0.1, -0.05) is 96.1 Å². The fraction of sp³-hybridized carbons (Fsp3) is 0.760. The first-order valence-electron chi connectivity index (χ1n) is 12.2. The lowest BCUT2D eigenvalue weighted by molar-refractivity contribution is 0.308. The second-order valence-electron chi connectivity index (χ2n) is 8.48. The molecule has 0 fully saturated rings. The molecule has 0 aliphatic rings. The lowest BCUT2D eigenvalue weighted by atomic mass is 10.0. The van der Waals surface area contributed by atoms with Crippen molar-refractivity contribution in [3.8, 4) is 5.75 Å². The molecule has 1 aromatic rings. The molecule has 0 saturated heterocycles. The normalized spacial score (nSPS) is 11.7. The zero-order valence-corrected chi connectivity index (χ0v) is 19.9. The Morgan fingerprint density at radius 1 is 0.767 bits per heavy atom. The summed E-state index contributed by atoms with van der Waals surface area (Å²) in [6.07, 6.45) is 19.9. The maximum atomic E-state index is 10.7. The summed E-state index contributed by atoms with van der Waals surface area (Å²) in [5, 5.41) is 0. The van der Waals surface area contributed by atoms with E-state index in [9.17, 15) is 8.42 Å². The van der Waals surface area contributed by atoms with E-state index in [2.05, 4.69) is 19.1 Å². The predicted octanol–water partition coefficient (Wildman–Crippen LogP) is 7.37. The quantitative estimate of drug-likeness (QED) is 0.170. The zero-order chi connectivity index (χ0) is 21.9. The summed E-state index contributed by atoms with van der Waals surface area (Å²) in [6.45, 7) is 2.74. The zero-order valence-electron chi connectivity index (χ0n) is 19.1. The summed E-state index contributed by atoms with van der Waals surface area (Å²) in [4.78, 5) is 0. The number of aryl methyl sites for hydroxylation is 1. The molecular weight excluding hydrogens is 396 g/mol. The molecule has 1 aromatic carbocycles. The third-order valence-electron chi connectivity index (χ3n) is 5.53. The van der Waals surface area contributed by atoms with Crippen LogP contribution in [0.25, 0.3) is 0 Å². The minimum Gasteiger partial charge on any atom is -0.494 e. The molecular formula is C25H44O4S. The van der Waals surface area contributed by atoms with Crippen LogP contribution in [-0.2, 0) is 16.5 Å². The average Bonchev–Trinajstić information content (AvgIpc) is 2.71. The van der Waals surface area contributed by atoms with Gasteiger partial charge in [-0.15, -0.1) is 0 Å². The van der Waals surface area contributed by atoms with Crippen molar-refractivity contribution < 1.29 is 17.7 Å². The van der Waals surface area contributed by atoms with E-state index < -0.39 is 10.1 Å². The van der Waals surface area contributed by atoms with Crippen LogP contribution in [0.1, 0.15) is 109 Å². The van der Waals surface area contributed by atoms with Crippen LogP contribution in [0.3, 0.4) is 0 Å². The maximum Gasteiger partial charge on any atom is 0.264 e. The minimum atomic E-state index is -3.86. The summed E-state index contributed by atoms with van der Waals surface area (Å²) in [5.74, 6) is 0.643. The van der Waals surface area contributed by atoms with Gasteiger partial charge in [0.2, 0.25) is 0 Å². The second kappa shape index (κ2) is 17.6. The number of benzene rings is 1. The van der Waals surface area contributed by atoms with Gasteiger partial charge in [0, 0.05) is 0 Å². The molecule has 0 atom stereocenters. The smallest absolute Gasteiger partial charge is 0.264 e. The van der Waals surface area contributed by atoms with Crippen LogP contribution >= 0.6 is 0 Å². The molecule has 4 nitrogen and oxygen atoms in total. The van der Waals surface area contributed by atoms with Gasteiger partial charge >= 0.3 is 0 Å². The largest absolute Gasteiger partial charge is 0.494 e. The number of ether oxygens (including phenoxy) is 1. The molecule has 0 aliphatic heterocycles. The van der Waals surface area contributed by atoms with Crippen LogP contribution in [0.15, 0.2) is 24.3 Å². The van der Waals surface area contributed by atoms with E-state index in [4.69, 9.17) is 9.29 Å². The molecule has 0 heterocycles. The van der Waals surface area contributed by atoms with Crippen molar-refractivity contribution in [2.45, 2.75) is 110 Å². The second-order valence-corrected chi connectivity index (χ2v) is 10.1. The molecule has 0 aliphatic carbocycles. The van der Waals surface area contributed by atoms with Gasteiger partial charge in [0.05, 0.1) is 12.4 Å². The van der Waals surface area contributed by atoms with E-state index in [-0.39, 0.29) is 5.75 Å². The van der Waals surface area contributed by atoms with Gasteiger partial charge in [-0.3, -0.25) is 4.55 Å². The molecule has 0 aromatic heterocycles. The monoisotopic (exact) mass is 440 g/mol. The Kier molecular flexibility index (Phi) is 15.8. The summed E-state index contributed by atoms with van der Waals surface area (Å²) in [6, 6.07) is 8.19. The highest BCUT2D eigenvalue weighted by molar-refractivity contribution is 7.85. The molecule has 1 N–H and O–H groups in total. The SMILES string of the molecule is CCCCCCCCCCCCCCCc1cccc(OCCCCS(=O)(=O)O)c1.